The van der Waals surface area contributed by atoms with Crippen LogP contribution in [0.3, 0.4) is 0 Å². The van der Waals surface area contributed by atoms with E-state index in [9.17, 15) is 9.18 Å². The van der Waals surface area contributed by atoms with Gasteiger partial charge in [-0.2, -0.15) is 0 Å². The second kappa shape index (κ2) is 4.96. The van der Waals surface area contributed by atoms with Gasteiger partial charge in [-0.3, -0.25) is 4.79 Å². The number of ether oxygens (including phenoxy) is 1. The van der Waals surface area contributed by atoms with E-state index in [4.69, 9.17) is 4.74 Å². The number of hydrogen-bond acceptors (Lipinski definition) is 2. The normalized spacial score (nSPS) is 13.6. The molecule has 2 aromatic carbocycles. The Kier molecular flexibility index (Phi) is 3.14. The third-order valence-electron chi connectivity index (χ3n) is 3.29. The molecule has 0 spiro atoms. The first-order valence-corrected chi connectivity index (χ1v) is 6.46. The van der Waals surface area contributed by atoms with Crippen molar-refractivity contribution in [2.24, 2.45) is 0 Å². The van der Waals surface area contributed by atoms with Crippen molar-refractivity contribution >= 4 is 11.6 Å². The van der Waals surface area contributed by atoms with Crippen LogP contribution < -0.4 is 9.64 Å². The Hall–Kier alpha value is -2.36. The first kappa shape index (κ1) is 12.7. The number of carbonyl (C=O) groups excluding carboxylic acids is 1. The molecule has 1 aliphatic heterocycles. The summed E-state index contributed by atoms with van der Waals surface area (Å²) in [6.45, 7) is 2.77. The van der Waals surface area contributed by atoms with Gasteiger partial charge in [0, 0.05) is 11.6 Å². The van der Waals surface area contributed by atoms with Crippen LogP contribution in [0.5, 0.6) is 5.75 Å². The molecule has 0 aromatic heterocycles. The highest BCUT2D eigenvalue weighted by Crippen LogP contribution is 2.33. The number of benzene rings is 2. The van der Waals surface area contributed by atoms with Gasteiger partial charge in [0.2, 0.25) is 0 Å². The molecule has 0 radical (unpaired) electrons. The van der Waals surface area contributed by atoms with Crippen molar-refractivity contribution in [3.05, 3.63) is 59.4 Å². The highest BCUT2D eigenvalue weighted by molar-refractivity contribution is 6.07. The Morgan fingerprint density at radius 3 is 2.90 bits per heavy atom. The van der Waals surface area contributed by atoms with E-state index in [2.05, 4.69) is 0 Å². The number of aryl methyl sites for hydroxylation is 1. The van der Waals surface area contributed by atoms with E-state index in [0.29, 0.717) is 30.2 Å². The Labute approximate surface area is 116 Å². The molecule has 0 saturated heterocycles. The van der Waals surface area contributed by atoms with Gasteiger partial charge in [0.25, 0.3) is 5.91 Å². The average Bonchev–Trinajstić information content (AvgIpc) is 2.46. The Bertz CT molecular complexity index is 669. The Morgan fingerprint density at radius 1 is 1.25 bits per heavy atom. The van der Waals surface area contributed by atoms with E-state index in [-0.39, 0.29) is 11.7 Å². The van der Waals surface area contributed by atoms with Crippen LogP contribution in [0, 0.1) is 12.7 Å². The summed E-state index contributed by atoms with van der Waals surface area (Å²) in [5.41, 5.74) is 2.11. The molecule has 0 saturated carbocycles. The summed E-state index contributed by atoms with van der Waals surface area (Å²) in [5, 5.41) is 0. The smallest absolute Gasteiger partial charge is 0.258 e. The van der Waals surface area contributed by atoms with Gasteiger partial charge >= 0.3 is 0 Å². The standard InChI is InChI=1S/C16H14FNO2/c1-11-3-2-4-12(9-11)16(19)18-7-8-20-15-6-5-13(17)10-14(15)18/h2-6,9-10H,7-8H2,1H3. The molecule has 0 fully saturated rings. The van der Waals surface area contributed by atoms with Gasteiger partial charge in [0.05, 0.1) is 12.2 Å². The first-order valence-electron chi connectivity index (χ1n) is 6.46. The molecule has 1 heterocycles. The summed E-state index contributed by atoms with van der Waals surface area (Å²) in [4.78, 5) is 14.1. The van der Waals surface area contributed by atoms with E-state index in [1.807, 2.05) is 25.1 Å². The molecule has 0 bridgehead atoms. The minimum atomic E-state index is -0.378. The quantitative estimate of drug-likeness (QED) is 0.797. The zero-order valence-electron chi connectivity index (χ0n) is 11.1. The van der Waals surface area contributed by atoms with Crippen LogP contribution in [0.4, 0.5) is 10.1 Å². The minimum Gasteiger partial charge on any atom is -0.490 e. The largest absolute Gasteiger partial charge is 0.490 e. The molecule has 0 aliphatic carbocycles. The molecule has 2 aromatic rings. The lowest BCUT2D eigenvalue weighted by molar-refractivity contribution is 0.0976. The van der Waals surface area contributed by atoms with Crippen molar-refractivity contribution in [1.82, 2.24) is 0 Å². The molecule has 1 amide bonds. The predicted octanol–water partition coefficient (Wildman–Crippen LogP) is 3.17. The predicted molar refractivity (Wildman–Crippen MR) is 74.8 cm³/mol. The van der Waals surface area contributed by atoms with Crippen molar-refractivity contribution in [2.75, 3.05) is 18.1 Å². The number of anilines is 1. The van der Waals surface area contributed by atoms with Crippen molar-refractivity contribution in [3.63, 3.8) is 0 Å². The third kappa shape index (κ3) is 2.25. The van der Waals surface area contributed by atoms with Gasteiger partial charge in [-0.25, -0.2) is 4.39 Å². The highest BCUT2D eigenvalue weighted by Gasteiger charge is 2.25. The van der Waals surface area contributed by atoms with Crippen molar-refractivity contribution in [3.8, 4) is 5.75 Å². The summed E-state index contributed by atoms with van der Waals surface area (Å²) < 4.78 is 18.9. The summed E-state index contributed by atoms with van der Waals surface area (Å²) in [6, 6.07) is 11.6. The van der Waals surface area contributed by atoms with Crippen LogP contribution in [-0.4, -0.2) is 19.1 Å². The van der Waals surface area contributed by atoms with E-state index in [0.717, 1.165) is 5.56 Å². The summed E-state index contributed by atoms with van der Waals surface area (Å²) in [7, 11) is 0. The van der Waals surface area contributed by atoms with Gasteiger partial charge < -0.3 is 9.64 Å². The zero-order chi connectivity index (χ0) is 14.1. The lowest BCUT2D eigenvalue weighted by Crippen LogP contribution is -2.38. The second-order valence-electron chi connectivity index (χ2n) is 4.79. The van der Waals surface area contributed by atoms with Crippen LogP contribution in [0.1, 0.15) is 15.9 Å². The summed E-state index contributed by atoms with van der Waals surface area (Å²) in [6.07, 6.45) is 0. The molecule has 3 nitrogen and oxygen atoms in total. The molecule has 20 heavy (non-hydrogen) atoms. The molecular weight excluding hydrogens is 257 g/mol. The van der Waals surface area contributed by atoms with E-state index in [1.165, 1.54) is 12.1 Å². The topological polar surface area (TPSA) is 29.5 Å². The maximum Gasteiger partial charge on any atom is 0.258 e. The maximum absolute atomic E-state index is 13.4. The fraction of sp³-hybridized carbons (Fsp3) is 0.188. The number of hydrogen-bond donors (Lipinski definition) is 0. The number of rotatable bonds is 1. The van der Waals surface area contributed by atoms with Crippen LogP contribution in [0.15, 0.2) is 42.5 Å². The molecule has 0 atom stereocenters. The molecule has 3 rings (SSSR count). The maximum atomic E-state index is 13.4. The van der Waals surface area contributed by atoms with E-state index in [1.54, 1.807) is 17.0 Å². The van der Waals surface area contributed by atoms with Gasteiger partial charge in [-0.15, -0.1) is 0 Å². The van der Waals surface area contributed by atoms with Crippen LogP contribution in [-0.2, 0) is 0 Å². The fourth-order valence-electron chi connectivity index (χ4n) is 2.34. The molecular formula is C16H14FNO2. The van der Waals surface area contributed by atoms with Gasteiger partial charge in [0.1, 0.15) is 18.2 Å². The number of fused-ring (bicyclic) bond motifs is 1. The monoisotopic (exact) mass is 271 g/mol. The van der Waals surface area contributed by atoms with Gasteiger partial charge in [-0.05, 0) is 31.2 Å². The fourth-order valence-corrected chi connectivity index (χ4v) is 2.34. The molecule has 0 unspecified atom stereocenters. The first-order chi connectivity index (χ1) is 9.65. The summed E-state index contributed by atoms with van der Waals surface area (Å²) >= 11 is 0. The number of nitrogens with zero attached hydrogens (tertiary/aromatic N) is 1. The van der Waals surface area contributed by atoms with Crippen molar-refractivity contribution in [1.29, 1.82) is 0 Å². The number of amides is 1. The number of halogens is 1. The van der Waals surface area contributed by atoms with Crippen LogP contribution in [0.25, 0.3) is 0 Å². The van der Waals surface area contributed by atoms with Crippen molar-refractivity contribution < 1.29 is 13.9 Å². The van der Waals surface area contributed by atoms with Crippen LogP contribution >= 0.6 is 0 Å². The SMILES string of the molecule is Cc1cccc(C(=O)N2CCOc3ccc(F)cc32)c1. The second-order valence-corrected chi connectivity index (χ2v) is 4.79. The van der Waals surface area contributed by atoms with E-state index < -0.39 is 0 Å². The molecule has 1 aliphatic rings. The zero-order valence-corrected chi connectivity index (χ0v) is 11.1. The Morgan fingerprint density at radius 2 is 2.10 bits per heavy atom. The Balaban J connectivity index is 2.00. The third-order valence-corrected chi connectivity index (χ3v) is 3.29. The van der Waals surface area contributed by atoms with Gasteiger partial charge in [-0.1, -0.05) is 17.7 Å². The average molecular weight is 271 g/mol. The molecule has 0 N–H and O–H groups in total. The van der Waals surface area contributed by atoms with Crippen LogP contribution in [0.2, 0.25) is 0 Å². The van der Waals surface area contributed by atoms with Crippen molar-refractivity contribution in [2.45, 2.75) is 6.92 Å². The molecule has 102 valence electrons. The lowest BCUT2D eigenvalue weighted by atomic mass is 10.1. The van der Waals surface area contributed by atoms with Gasteiger partial charge in [0.15, 0.2) is 0 Å². The molecule has 4 heteroatoms. The van der Waals surface area contributed by atoms with E-state index >= 15 is 0 Å². The highest BCUT2D eigenvalue weighted by atomic mass is 19.1. The number of carbonyl (C=O) groups is 1. The minimum absolute atomic E-state index is 0.135. The lowest BCUT2D eigenvalue weighted by Gasteiger charge is -2.29. The summed E-state index contributed by atoms with van der Waals surface area (Å²) in [5.74, 6) is 0.0267.